The second kappa shape index (κ2) is 4.64. The molecule has 2 aliphatic rings. The minimum atomic E-state index is 0.610. The van der Waals surface area contributed by atoms with Crippen molar-refractivity contribution >= 4 is 15.9 Å². The van der Waals surface area contributed by atoms with Gasteiger partial charge in [-0.3, -0.25) is 0 Å². The lowest BCUT2D eigenvalue weighted by molar-refractivity contribution is 0.283. The molecular formula is C16H22BrN. The molecule has 2 saturated carbocycles. The van der Waals surface area contributed by atoms with Gasteiger partial charge in [0.25, 0.3) is 0 Å². The molecule has 1 aromatic rings. The van der Waals surface area contributed by atoms with E-state index in [1.165, 1.54) is 35.8 Å². The van der Waals surface area contributed by atoms with Gasteiger partial charge < -0.3 is 5.32 Å². The molecule has 0 spiro atoms. The van der Waals surface area contributed by atoms with E-state index in [0.29, 0.717) is 5.41 Å². The van der Waals surface area contributed by atoms with Crippen LogP contribution in [0.4, 0.5) is 0 Å². The van der Waals surface area contributed by atoms with Gasteiger partial charge >= 0.3 is 0 Å². The number of benzene rings is 1. The zero-order valence-electron chi connectivity index (χ0n) is 11.2. The highest BCUT2D eigenvalue weighted by atomic mass is 79.9. The first kappa shape index (κ1) is 12.7. The highest BCUT2D eigenvalue weighted by molar-refractivity contribution is 9.10. The summed E-state index contributed by atoms with van der Waals surface area (Å²) in [4.78, 5) is 0. The maximum atomic E-state index is 3.74. The Hall–Kier alpha value is -0.340. The number of hydrogen-bond donors (Lipinski definition) is 1. The maximum Gasteiger partial charge on any atom is 0.0210 e. The Bertz CT molecular complexity index is 434. The standard InChI is InChI=1S/C16H22BrN/c1-16(2)9-12(16)10-18-13-7-11(8-13)14-5-3-4-6-15(14)17/h3-6,11-13,18H,7-10H2,1-2H3. The van der Waals surface area contributed by atoms with Crippen molar-refractivity contribution in [2.24, 2.45) is 11.3 Å². The van der Waals surface area contributed by atoms with Crippen LogP contribution in [-0.2, 0) is 0 Å². The molecule has 0 radical (unpaired) electrons. The maximum absolute atomic E-state index is 3.74. The molecule has 18 heavy (non-hydrogen) atoms. The van der Waals surface area contributed by atoms with E-state index >= 15 is 0 Å². The normalized spacial score (nSPS) is 32.9. The second-order valence-corrected chi connectivity index (χ2v) is 7.54. The molecule has 98 valence electrons. The molecule has 0 aromatic heterocycles. The van der Waals surface area contributed by atoms with Crippen molar-refractivity contribution in [3.63, 3.8) is 0 Å². The summed E-state index contributed by atoms with van der Waals surface area (Å²) in [5.41, 5.74) is 2.10. The van der Waals surface area contributed by atoms with Gasteiger partial charge in [0.15, 0.2) is 0 Å². The molecule has 0 heterocycles. The lowest BCUT2D eigenvalue weighted by Gasteiger charge is -2.37. The smallest absolute Gasteiger partial charge is 0.0210 e. The fourth-order valence-corrected chi connectivity index (χ4v) is 3.69. The molecule has 2 heteroatoms. The minimum Gasteiger partial charge on any atom is -0.314 e. The van der Waals surface area contributed by atoms with Gasteiger partial charge in [0.1, 0.15) is 0 Å². The van der Waals surface area contributed by atoms with E-state index in [-0.39, 0.29) is 0 Å². The first-order chi connectivity index (χ1) is 8.56. The van der Waals surface area contributed by atoms with Crippen molar-refractivity contribution in [3.8, 4) is 0 Å². The van der Waals surface area contributed by atoms with Crippen molar-refractivity contribution in [2.75, 3.05) is 6.54 Å². The zero-order chi connectivity index (χ0) is 12.8. The first-order valence-corrected chi connectivity index (χ1v) is 7.83. The van der Waals surface area contributed by atoms with Gasteiger partial charge in [-0.25, -0.2) is 0 Å². The third-order valence-electron chi connectivity index (χ3n) is 4.85. The first-order valence-electron chi connectivity index (χ1n) is 7.04. The SMILES string of the molecule is CC1(C)CC1CNC1CC(c2ccccc2Br)C1. The Labute approximate surface area is 118 Å². The van der Waals surface area contributed by atoms with Crippen LogP contribution in [0.3, 0.4) is 0 Å². The van der Waals surface area contributed by atoms with Crippen LogP contribution in [-0.4, -0.2) is 12.6 Å². The molecule has 0 saturated heterocycles. The topological polar surface area (TPSA) is 12.0 Å². The van der Waals surface area contributed by atoms with E-state index in [0.717, 1.165) is 17.9 Å². The molecule has 1 N–H and O–H groups in total. The average molecular weight is 308 g/mol. The van der Waals surface area contributed by atoms with Gasteiger partial charge in [-0.1, -0.05) is 48.0 Å². The highest BCUT2D eigenvalue weighted by Gasteiger charge is 2.45. The van der Waals surface area contributed by atoms with Gasteiger partial charge in [-0.05, 0) is 54.7 Å². The Kier molecular flexibility index (Phi) is 3.27. The fraction of sp³-hybridized carbons (Fsp3) is 0.625. The predicted molar refractivity (Wildman–Crippen MR) is 79.8 cm³/mol. The van der Waals surface area contributed by atoms with Crippen molar-refractivity contribution in [1.29, 1.82) is 0 Å². The van der Waals surface area contributed by atoms with Crippen LogP contribution >= 0.6 is 15.9 Å². The number of hydrogen-bond acceptors (Lipinski definition) is 1. The molecule has 0 aliphatic heterocycles. The van der Waals surface area contributed by atoms with Crippen LogP contribution in [0, 0.1) is 11.3 Å². The molecule has 3 rings (SSSR count). The van der Waals surface area contributed by atoms with E-state index in [1.54, 1.807) is 0 Å². The molecular weight excluding hydrogens is 286 g/mol. The van der Waals surface area contributed by atoms with E-state index in [2.05, 4.69) is 59.4 Å². The van der Waals surface area contributed by atoms with Crippen LogP contribution in [0.5, 0.6) is 0 Å². The van der Waals surface area contributed by atoms with Crippen molar-refractivity contribution < 1.29 is 0 Å². The summed E-state index contributed by atoms with van der Waals surface area (Å²) in [6.45, 7) is 5.98. The van der Waals surface area contributed by atoms with Crippen LogP contribution in [0.1, 0.15) is 44.6 Å². The van der Waals surface area contributed by atoms with Gasteiger partial charge in [0, 0.05) is 10.5 Å². The molecule has 1 atom stereocenters. The average Bonchev–Trinajstić information content (AvgIpc) is 2.87. The third kappa shape index (κ3) is 2.50. The molecule has 0 bridgehead atoms. The molecule has 1 unspecified atom stereocenters. The van der Waals surface area contributed by atoms with Crippen molar-refractivity contribution in [1.82, 2.24) is 5.32 Å². The summed E-state index contributed by atoms with van der Waals surface area (Å²) in [5.74, 6) is 1.67. The van der Waals surface area contributed by atoms with Crippen LogP contribution in [0.15, 0.2) is 28.7 Å². The van der Waals surface area contributed by atoms with Gasteiger partial charge in [-0.15, -0.1) is 0 Å². The van der Waals surface area contributed by atoms with Crippen LogP contribution < -0.4 is 5.32 Å². The van der Waals surface area contributed by atoms with E-state index in [4.69, 9.17) is 0 Å². The summed E-state index contributed by atoms with van der Waals surface area (Å²) in [7, 11) is 0. The summed E-state index contributed by atoms with van der Waals surface area (Å²) in [5, 5.41) is 3.74. The number of halogens is 1. The Balaban J connectivity index is 1.45. The molecule has 1 nitrogen and oxygen atoms in total. The lowest BCUT2D eigenvalue weighted by Crippen LogP contribution is -2.41. The van der Waals surface area contributed by atoms with Crippen LogP contribution in [0.25, 0.3) is 0 Å². The minimum absolute atomic E-state index is 0.610. The Morgan fingerprint density at radius 3 is 2.56 bits per heavy atom. The van der Waals surface area contributed by atoms with Gasteiger partial charge in [0.2, 0.25) is 0 Å². The van der Waals surface area contributed by atoms with Gasteiger partial charge in [-0.2, -0.15) is 0 Å². The largest absolute Gasteiger partial charge is 0.314 e. The highest BCUT2D eigenvalue weighted by Crippen LogP contribution is 2.51. The number of rotatable bonds is 4. The summed E-state index contributed by atoms with van der Waals surface area (Å²) >= 11 is 3.66. The monoisotopic (exact) mass is 307 g/mol. The van der Waals surface area contributed by atoms with E-state index in [1.807, 2.05) is 0 Å². The molecule has 2 aliphatic carbocycles. The summed E-state index contributed by atoms with van der Waals surface area (Å²) in [6, 6.07) is 9.40. The summed E-state index contributed by atoms with van der Waals surface area (Å²) in [6.07, 6.45) is 4.01. The zero-order valence-corrected chi connectivity index (χ0v) is 12.8. The lowest BCUT2D eigenvalue weighted by atomic mass is 9.76. The number of nitrogens with one attached hydrogen (secondary N) is 1. The molecule has 1 aromatic carbocycles. The van der Waals surface area contributed by atoms with E-state index in [9.17, 15) is 0 Å². The van der Waals surface area contributed by atoms with Crippen molar-refractivity contribution in [3.05, 3.63) is 34.3 Å². The van der Waals surface area contributed by atoms with Crippen molar-refractivity contribution in [2.45, 2.75) is 45.1 Å². The van der Waals surface area contributed by atoms with Crippen LogP contribution in [0.2, 0.25) is 0 Å². The Morgan fingerprint density at radius 2 is 1.94 bits per heavy atom. The molecule has 2 fully saturated rings. The van der Waals surface area contributed by atoms with E-state index < -0.39 is 0 Å². The second-order valence-electron chi connectivity index (χ2n) is 6.68. The van der Waals surface area contributed by atoms with Gasteiger partial charge in [0.05, 0.1) is 0 Å². The quantitative estimate of drug-likeness (QED) is 0.873. The molecule has 0 amide bonds. The fourth-order valence-electron chi connectivity index (χ4n) is 3.08. The Morgan fingerprint density at radius 1 is 1.28 bits per heavy atom. The third-order valence-corrected chi connectivity index (χ3v) is 5.58. The summed E-state index contributed by atoms with van der Waals surface area (Å²) < 4.78 is 1.27. The predicted octanol–water partition coefficient (Wildman–Crippen LogP) is 4.33.